The second kappa shape index (κ2) is 8.20. The molecular weight excluding hydrogens is 324 g/mol. The van der Waals surface area contributed by atoms with Crippen LogP contribution in [0.4, 0.5) is 9.59 Å². The van der Waals surface area contributed by atoms with Gasteiger partial charge in [-0.15, -0.1) is 0 Å². The highest BCUT2D eigenvalue weighted by Gasteiger charge is 2.37. The maximum Gasteiger partial charge on any atom is 0.410 e. The van der Waals surface area contributed by atoms with Crippen molar-refractivity contribution in [2.45, 2.75) is 39.0 Å². The Morgan fingerprint density at radius 2 is 1.92 bits per heavy atom. The summed E-state index contributed by atoms with van der Waals surface area (Å²) in [4.78, 5) is 25.6. The first-order valence-corrected chi connectivity index (χ1v) is 8.34. The molecule has 7 heteroatoms. The Kier molecular flexibility index (Phi) is 6.25. The molecule has 138 valence electrons. The van der Waals surface area contributed by atoms with Crippen LogP contribution in [0.15, 0.2) is 30.3 Å². The standard InChI is InChI=1S/C18H26N2O5/c1-18(2,3)25-17(23)20-9-14(11-21)15(10-20)19-16(22)24-12-13-7-5-4-6-8-13/h4-8,14-15,21H,9-12H2,1-3H3,(H,19,22)/t14-,15+/m0/s1. The molecule has 25 heavy (non-hydrogen) atoms. The Labute approximate surface area is 147 Å². The van der Waals surface area contributed by atoms with Crippen molar-refractivity contribution < 1.29 is 24.2 Å². The van der Waals surface area contributed by atoms with Gasteiger partial charge in [0.15, 0.2) is 0 Å². The highest BCUT2D eigenvalue weighted by Crippen LogP contribution is 2.20. The van der Waals surface area contributed by atoms with Gasteiger partial charge in [0.25, 0.3) is 0 Å². The van der Waals surface area contributed by atoms with Gasteiger partial charge in [0.05, 0.1) is 6.04 Å². The lowest BCUT2D eigenvalue weighted by molar-refractivity contribution is 0.0281. The van der Waals surface area contributed by atoms with Gasteiger partial charge in [0.2, 0.25) is 0 Å². The van der Waals surface area contributed by atoms with Crippen molar-refractivity contribution in [3.8, 4) is 0 Å². The van der Waals surface area contributed by atoms with Gasteiger partial charge in [-0.1, -0.05) is 30.3 Å². The number of alkyl carbamates (subject to hydrolysis) is 1. The molecule has 0 spiro atoms. The van der Waals surface area contributed by atoms with Crippen molar-refractivity contribution in [1.82, 2.24) is 10.2 Å². The Morgan fingerprint density at radius 1 is 1.24 bits per heavy atom. The smallest absolute Gasteiger partial charge is 0.410 e. The number of carbonyl (C=O) groups excluding carboxylic acids is 2. The number of benzene rings is 1. The zero-order valence-corrected chi connectivity index (χ0v) is 14.9. The molecule has 1 aliphatic rings. The van der Waals surface area contributed by atoms with Crippen LogP contribution in [0.2, 0.25) is 0 Å². The van der Waals surface area contributed by atoms with Crippen molar-refractivity contribution in [2.24, 2.45) is 5.92 Å². The third-order valence-electron chi connectivity index (χ3n) is 3.84. The summed E-state index contributed by atoms with van der Waals surface area (Å²) in [6.45, 7) is 6.01. The second-order valence-electron chi connectivity index (χ2n) is 7.14. The third kappa shape index (κ3) is 5.94. The van der Waals surface area contributed by atoms with Gasteiger partial charge in [-0.25, -0.2) is 9.59 Å². The maximum atomic E-state index is 12.1. The van der Waals surface area contributed by atoms with E-state index in [1.165, 1.54) is 4.90 Å². The molecule has 1 saturated heterocycles. The first-order valence-electron chi connectivity index (χ1n) is 8.34. The van der Waals surface area contributed by atoms with Crippen LogP contribution in [-0.2, 0) is 16.1 Å². The third-order valence-corrected chi connectivity index (χ3v) is 3.84. The maximum absolute atomic E-state index is 12.1. The van der Waals surface area contributed by atoms with Crippen LogP contribution in [-0.4, -0.2) is 53.5 Å². The van der Waals surface area contributed by atoms with E-state index in [4.69, 9.17) is 9.47 Å². The van der Waals surface area contributed by atoms with E-state index in [-0.39, 0.29) is 31.7 Å². The van der Waals surface area contributed by atoms with Gasteiger partial charge in [0, 0.05) is 25.6 Å². The summed E-state index contributed by atoms with van der Waals surface area (Å²) in [6.07, 6.45) is -1.02. The lowest BCUT2D eigenvalue weighted by atomic mass is 10.1. The molecule has 1 heterocycles. The number of nitrogens with one attached hydrogen (secondary N) is 1. The molecular formula is C18H26N2O5. The van der Waals surface area contributed by atoms with Gasteiger partial charge in [0.1, 0.15) is 12.2 Å². The molecule has 0 unspecified atom stereocenters. The summed E-state index contributed by atoms with van der Waals surface area (Å²) < 4.78 is 10.5. The highest BCUT2D eigenvalue weighted by molar-refractivity contribution is 5.70. The molecule has 1 fully saturated rings. The van der Waals surface area contributed by atoms with Crippen LogP contribution in [0.1, 0.15) is 26.3 Å². The summed E-state index contributed by atoms with van der Waals surface area (Å²) in [5.41, 5.74) is 0.296. The number of carbonyl (C=O) groups is 2. The molecule has 2 atom stereocenters. The van der Waals surface area contributed by atoms with Gasteiger partial charge >= 0.3 is 12.2 Å². The lowest BCUT2D eigenvalue weighted by Gasteiger charge is -2.24. The Balaban J connectivity index is 1.85. The molecule has 0 aliphatic carbocycles. The van der Waals surface area contributed by atoms with E-state index in [2.05, 4.69) is 5.32 Å². The quantitative estimate of drug-likeness (QED) is 0.869. The molecule has 1 aromatic rings. The average molecular weight is 350 g/mol. The van der Waals surface area contributed by atoms with E-state index in [1.807, 2.05) is 30.3 Å². The molecule has 0 saturated carbocycles. The average Bonchev–Trinajstić information content (AvgIpc) is 2.95. The number of ether oxygens (including phenoxy) is 2. The van der Waals surface area contributed by atoms with E-state index in [0.29, 0.717) is 6.54 Å². The van der Waals surface area contributed by atoms with Crippen LogP contribution in [0.3, 0.4) is 0 Å². The molecule has 0 radical (unpaired) electrons. The predicted octanol–water partition coefficient (Wildman–Crippen LogP) is 2.14. The van der Waals surface area contributed by atoms with E-state index in [9.17, 15) is 14.7 Å². The van der Waals surface area contributed by atoms with Gasteiger partial charge in [-0.2, -0.15) is 0 Å². The summed E-state index contributed by atoms with van der Waals surface area (Å²) in [7, 11) is 0. The topological polar surface area (TPSA) is 88.1 Å². The monoisotopic (exact) mass is 350 g/mol. The number of amides is 2. The zero-order valence-electron chi connectivity index (χ0n) is 14.9. The number of aliphatic hydroxyl groups excluding tert-OH is 1. The minimum absolute atomic E-state index is 0.136. The van der Waals surface area contributed by atoms with Crippen LogP contribution >= 0.6 is 0 Å². The molecule has 1 aliphatic heterocycles. The Hall–Kier alpha value is -2.28. The number of hydrogen-bond acceptors (Lipinski definition) is 5. The van der Waals surface area contributed by atoms with Gasteiger partial charge in [-0.05, 0) is 26.3 Å². The fourth-order valence-corrected chi connectivity index (χ4v) is 2.61. The van der Waals surface area contributed by atoms with Crippen molar-refractivity contribution in [3.63, 3.8) is 0 Å². The van der Waals surface area contributed by atoms with E-state index in [1.54, 1.807) is 20.8 Å². The molecule has 2 rings (SSSR count). The lowest BCUT2D eigenvalue weighted by Crippen LogP contribution is -2.42. The number of nitrogens with zero attached hydrogens (tertiary/aromatic N) is 1. The van der Waals surface area contributed by atoms with Crippen LogP contribution in [0, 0.1) is 5.92 Å². The minimum atomic E-state index is -0.591. The fraction of sp³-hybridized carbons (Fsp3) is 0.556. The SMILES string of the molecule is CC(C)(C)OC(=O)N1C[C@@H](CO)[C@H](NC(=O)OCc2ccccc2)C1. The number of hydrogen-bond donors (Lipinski definition) is 2. The normalized spacial score (nSPS) is 20.2. The molecule has 7 nitrogen and oxygen atoms in total. The van der Waals surface area contributed by atoms with Crippen molar-refractivity contribution in [3.05, 3.63) is 35.9 Å². The zero-order chi connectivity index (χ0) is 18.4. The first-order chi connectivity index (χ1) is 11.8. The number of rotatable bonds is 4. The summed E-state index contributed by atoms with van der Waals surface area (Å²) >= 11 is 0. The molecule has 1 aromatic carbocycles. The number of aliphatic hydroxyl groups is 1. The summed E-state index contributed by atoms with van der Waals surface area (Å²) in [5, 5.41) is 12.2. The minimum Gasteiger partial charge on any atom is -0.445 e. The van der Waals surface area contributed by atoms with E-state index < -0.39 is 17.8 Å². The highest BCUT2D eigenvalue weighted by atomic mass is 16.6. The Bertz CT molecular complexity index is 585. The van der Waals surface area contributed by atoms with Crippen molar-refractivity contribution in [2.75, 3.05) is 19.7 Å². The number of likely N-dealkylation sites (tertiary alicyclic amines) is 1. The van der Waals surface area contributed by atoms with Gasteiger partial charge in [-0.3, -0.25) is 0 Å². The van der Waals surface area contributed by atoms with Crippen LogP contribution < -0.4 is 5.32 Å². The van der Waals surface area contributed by atoms with Crippen molar-refractivity contribution in [1.29, 1.82) is 0 Å². The summed E-state index contributed by atoms with van der Waals surface area (Å²) in [6, 6.07) is 8.98. The first kappa shape index (κ1) is 19.1. The fourth-order valence-electron chi connectivity index (χ4n) is 2.61. The molecule has 2 amide bonds. The molecule has 0 bridgehead atoms. The summed E-state index contributed by atoms with van der Waals surface area (Å²) in [5.74, 6) is -0.253. The Morgan fingerprint density at radius 3 is 2.52 bits per heavy atom. The van der Waals surface area contributed by atoms with Crippen molar-refractivity contribution >= 4 is 12.2 Å². The van der Waals surface area contributed by atoms with E-state index in [0.717, 1.165) is 5.56 Å². The molecule has 2 N–H and O–H groups in total. The van der Waals surface area contributed by atoms with Crippen LogP contribution in [0.25, 0.3) is 0 Å². The van der Waals surface area contributed by atoms with Crippen LogP contribution in [0.5, 0.6) is 0 Å². The predicted molar refractivity (Wildman–Crippen MR) is 91.9 cm³/mol. The molecule has 0 aromatic heterocycles. The second-order valence-corrected chi connectivity index (χ2v) is 7.14. The van der Waals surface area contributed by atoms with E-state index >= 15 is 0 Å². The largest absolute Gasteiger partial charge is 0.445 e. The van der Waals surface area contributed by atoms with Gasteiger partial charge < -0.3 is 24.8 Å².